The van der Waals surface area contributed by atoms with Gasteiger partial charge in [0, 0.05) is 36.8 Å². The number of ether oxygens (including phenoxy) is 1. The van der Waals surface area contributed by atoms with Crippen molar-refractivity contribution >= 4 is 11.3 Å². The molecule has 3 rings (SSSR count). The minimum Gasteiger partial charge on any atom is -0.371 e. The van der Waals surface area contributed by atoms with Crippen molar-refractivity contribution in [1.29, 1.82) is 0 Å². The van der Waals surface area contributed by atoms with E-state index in [9.17, 15) is 13.2 Å². The number of nitrogens with zero attached hydrogens (tertiary/aromatic N) is 4. The second kappa shape index (κ2) is 6.58. The molecular weight excluding hydrogens is 329 g/mol. The van der Waals surface area contributed by atoms with E-state index in [0.29, 0.717) is 31.2 Å². The van der Waals surface area contributed by atoms with Crippen molar-refractivity contribution in [3.05, 3.63) is 34.0 Å². The van der Waals surface area contributed by atoms with Crippen molar-refractivity contribution in [1.82, 2.24) is 19.7 Å². The number of hydrogen-bond acceptors (Lipinski definition) is 5. The fraction of sp³-hybridized carbons (Fsp3) is 0.571. The molecule has 5 nitrogen and oxygen atoms in total. The minimum absolute atomic E-state index is 0.105. The van der Waals surface area contributed by atoms with Gasteiger partial charge in [-0.15, -0.1) is 11.3 Å². The van der Waals surface area contributed by atoms with Gasteiger partial charge in [0.15, 0.2) is 5.69 Å². The Hall–Kier alpha value is -1.45. The summed E-state index contributed by atoms with van der Waals surface area (Å²) in [7, 11) is 0. The maximum atomic E-state index is 12.6. The van der Waals surface area contributed by atoms with Gasteiger partial charge in [0.1, 0.15) is 5.01 Å². The first-order valence-corrected chi connectivity index (χ1v) is 8.21. The maximum Gasteiger partial charge on any atom is 0.434 e. The molecule has 0 bridgehead atoms. The quantitative estimate of drug-likeness (QED) is 0.854. The number of morpholine rings is 1. The first-order chi connectivity index (χ1) is 11.0. The summed E-state index contributed by atoms with van der Waals surface area (Å²) >= 11 is 1.04. The van der Waals surface area contributed by atoms with E-state index in [1.54, 1.807) is 6.20 Å². The second-order valence-electron chi connectivity index (χ2n) is 5.35. The van der Waals surface area contributed by atoms with Crippen molar-refractivity contribution in [2.24, 2.45) is 0 Å². The number of rotatable bonds is 4. The lowest BCUT2D eigenvalue weighted by molar-refractivity contribution is -0.140. The highest BCUT2D eigenvalue weighted by Crippen LogP contribution is 2.31. The summed E-state index contributed by atoms with van der Waals surface area (Å²) in [6.07, 6.45) is -0.759. The molecule has 126 valence electrons. The molecule has 1 aliphatic rings. The van der Waals surface area contributed by atoms with Gasteiger partial charge in [0.05, 0.1) is 25.5 Å². The molecule has 23 heavy (non-hydrogen) atoms. The molecule has 0 spiro atoms. The van der Waals surface area contributed by atoms with Gasteiger partial charge in [0.2, 0.25) is 0 Å². The van der Waals surface area contributed by atoms with Gasteiger partial charge in [0.25, 0.3) is 0 Å². The zero-order chi connectivity index (χ0) is 16.4. The van der Waals surface area contributed by atoms with E-state index >= 15 is 0 Å². The van der Waals surface area contributed by atoms with Crippen LogP contribution in [0.15, 0.2) is 17.8 Å². The normalized spacial score (nSPS) is 20.1. The molecule has 2 aromatic heterocycles. The van der Waals surface area contributed by atoms with E-state index in [1.165, 1.54) is 0 Å². The molecule has 0 amide bonds. The number of thiazole rings is 1. The maximum absolute atomic E-state index is 12.6. The Labute approximate surface area is 135 Å². The Bertz CT molecular complexity index is 654. The third kappa shape index (κ3) is 3.91. The summed E-state index contributed by atoms with van der Waals surface area (Å²) < 4.78 is 45.4. The largest absolute Gasteiger partial charge is 0.434 e. The number of aryl methyl sites for hydroxylation is 1. The van der Waals surface area contributed by atoms with Crippen LogP contribution in [0.1, 0.15) is 29.3 Å². The highest BCUT2D eigenvalue weighted by molar-refractivity contribution is 7.09. The van der Waals surface area contributed by atoms with Gasteiger partial charge in [-0.05, 0) is 6.92 Å². The highest BCUT2D eigenvalue weighted by atomic mass is 32.1. The van der Waals surface area contributed by atoms with E-state index in [2.05, 4.69) is 15.0 Å². The number of alkyl halides is 3. The fourth-order valence-electron chi connectivity index (χ4n) is 2.47. The van der Waals surface area contributed by atoms with E-state index in [1.807, 2.05) is 17.8 Å². The van der Waals surface area contributed by atoms with Crippen LogP contribution in [0, 0.1) is 0 Å². The van der Waals surface area contributed by atoms with Crippen LogP contribution >= 0.6 is 11.3 Å². The molecule has 0 aromatic carbocycles. The van der Waals surface area contributed by atoms with E-state index in [0.717, 1.165) is 28.8 Å². The summed E-state index contributed by atoms with van der Waals surface area (Å²) in [6.45, 7) is 5.04. The lowest BCUT2D eigenvalue weighted by Gasteiger charge is -2.31. The van der Waals surface area contributed by atoms with Crippen LogP contribution < -0.4 is 0 Å². The van der Waals surface area contributed by atoms with Gasteiger partial charge in [-0.2, -0.15) is 18.3 Å². The lowest BCUT2D eigenvalue weighted by atomic mass is 10.1. The van der Waals surface area contributed by atoms with E-state index < -0.39 is 11.9 Å². The van der Waals surface area contributed by atoms with Crippen molar-refractivity contribution in [2.75, 3.05) is 19.7 Å². The van der Waals surface area contributed by atoms with Crippen molar-refractivity contribution in [3.63, 3.8) is 0 Å². The smallest absolute Gasteiger partial charge is 0.371 e. The summed E-state index contributed by atoms with van der Waals surface area (Å²) in [6, 6.07) is 0. The summed E-state index contributed by atoms with van der Waals surface area (Å²) in [4.78, 5) is 5.75. The second-order valence-corrected chi connectivity index (χ2v) is 6.29. The minimum atomic E-state index is -4.38. The van der Waals surface area contributed by atoms with Crippen LogP contribution in [0.25, 0.3) is 0 Å². The average molecular weight is 346 g/mol. The Morgan fingerprint density at radius 2 is 2.26 bits per heavy atom. The summed E-state index contributed by atoms with van der Waals surface area (Å²) in [5.74, 6) is 0. The molecule has 0 radical (unpaired) electrons. The lowest BCUT2D eigenvalue weighted by Crippen LogP contribution is -2.37. The molecule has 2 aromatic rings. The monoisotopic (exact) mass is 346 g/mol. The third-order valence-electron chi connectivity index (χ3n) is 3.70. The average Bonchev–Trinajstić information content (AvgIpc) is 3.15. The zero-order valence-corrected chi connectivity index (χ0v) is 13.4. The van der Waals surface area contributed by atoms with Crippen LogP contribution in [-0.2, 0) is 24.0 Å². The molecule has 1 fully saturated rings. The standard InChI is InChI=1S/C14H17F3N4OS/c1-2-21-6-10(5-18-21)11-7-20(3-4-22-11)8-13-19-12(9-23-13)14(15,16)17/h5-6,9,11H,2-4,7-8H2,1H3/t11-/m0/s1. The van der Waals surface area contributed by atoms with E-state index in [-0.39, 0.29) is 6.10 Å². The fourth-order valence-corrected chi connectivity index (χ4v) is 3.31. The molecule has 9 heteroatoms. The molecule has 0 N–H and O–H groups in total. The Morgan fingerprint density at radius 3 is 2.91 bits per heavy atom. The van der Waals surface area contributed by atoms with Crippen LogP contribution in [0.4, 0.5) is 13.2 Å². The van der Waals surface area contributed by atoms with Crippen LogP contribution in [-0.4, -0.2) is 39.4 Å². The zero-order valence-electron chi connectivity index (χ0n) is 12.6. The van der Waals surface area contributed by atoms with Crippen molar-refractivity contribution in [2.45, 2.75) is 32.3 Å². The summed E-state index contributed by atoms with van der Waals surface area (Å²) in [5.41, 5.74) is 0.179. The predicted molar refractivity (Wildman–Crippen MR) is 79.0 cm³/mol. The van der Waals surface area contributed by atoms with Crippen molar-refractivity contribution < 1.29 is 17.9 Å². The Morgan fingerprint density at radius 1 is 1.43 bits per heavy atom. The first kappa shape index (κ1) is 16.4. The molecule has 1 atom stereocenters. The predicted octanol–water partition coefficient (Wildman–Crippen LogP) is 2.95. The van der Waals surface area contributed by atoms with Gasteiger partial charge >= 0.3 is 6.18 Å². The topological polar surface area (TPSA) is 43.2 Å². The molecule has 1 saturated heterocycles. The number of aromatic nitrogens is 3. The summed E-state index contributed by atoms with van der Waals surface area (Å²) in [5, 5.41) is 5.77. The van der Waals surface area contributed by atoms with Gasteiger partial charge in [-0.3, -0.25) is 9.58 Å². The van der Waals surface area contributed by atoms with Gasteiger partial charge < -0.3 is 4.74 Å². The molecular formula is C14H17F3N4OS. The first-order valence-electron chi connectivity index (χ1n) is 7.33. The highest BCUT2D eigenvalue weighted by Gasteiger charge is 2.34. The molecule has 3 heterocycles. The Kier molecular flexibility index (Phi) is 4.69. The SMILES string of the molecule is CCn1cc([C@@H]2CN(Cc3nc(C(F)(F)F)cs3)CCO2)cn1. The molecule has 0 saturated carbocycles. The van der Waals surface area contributed by atoms with Crippen LogP contribution in [0.5, 0.6) is 0 Å². The molecule has 0 unspecified atom stereocenters. The van der Waals surface area contributed by atoms with Gasteiger partial charge in [-0.1, -0.05) is 0 Å². The molecule has 1 aliphatic heterocycles. The number of halogens is 3. The number of hydrogen-bond donors (Lipinski definition) is 0. The van der Waals surface area contributed by atoms with Crippen LogP contribution in [0.2, 0.25) is 0 Å². The van der Waals surface area contributed by atoms with E-state index in [4.69, 9.17) is 4.74 Å². The van der Waals surface area contributed by atoms with Gasteiger partial charge in [-0.25, -0.2) is 4.98 Å². The molecule has 0 aliphatic carbocycles. The van der Waals surface area contributed by atoms with Crippen molar-refractivity contribution in [3.8, 4) is 0 Å². The van der Waals surface area contributed by atoms with Crippen LogP contribution in [0.3, 0.4) is 0 Å². The third-order valence-corrected chi connectivity index (χ3v) is 4.53. The Balaban J connectivity index is 1.63.